The Morgan fingerprint density at radius 3 is 3.06 bits per heavy atom. The first-order valence-corrected chi connectivity index (χ1v) is 5.19. The van der Waals surface area contributed by atoms with Crippen LogP contribution in [0.3, 0.4) is 0 Å². The quantitative estimate of drug-likeness (QED) is 0.567. The molecule has 1 aromatic rings. The molecule has 0 fully saturated rings. The van der Waals surface area contributed by atoms with Crippen LogP contribution in [-0.4, -0.2) is 19.2 Å². The van der Waals surface area contributed by atoms with Crippen LogP contribution in [0, 0.1) is 0 Å². The third-order valence-corrected chi connectivity index (χ3v) is 2.28. The Morgan fingerprint density at radius 1 is 1.44 bits per heavy atom. The Labute approximate surface area is 94.0 Å². The van der Waals surface area contributed by atoms with Gasteiger partial charge in [0.25, 0.3) is 0 Å². The highest BCUT2D eigenvalue weighted by atomic mass is 17.2. The highest BCUT2D eigenvalue weighted by Crippen LogP contribution is 2.25. The second-order valence-electron chi connectivity index (χ2n) is 3.33. The molecular weight excluding hydrogens is 206 g/mol. The molecule has 0 aliphatic carbocycles. The maximum atomic E-state index is 11.7. The fraction of sp³-hybridized carbons (Fsp3) is 0.250. The van der Waals surface area contributed by atoms with Gasteiger partial charge in [0.2, 0.25) is 0 Å². The monoisotopic (exact) mass is 219 g/mol. The Hall–Kier alpha value is -1.81. The number of anilines is 1. The van der Waals surface area contributed by atoms with Crippen LogP contribution in [0.2, 0.25) is 0 Å². The number of hydrogen-bond donors (Lipinski definition) is 0. The summed E-state index contributed by atoms with van der Waals surface area (Å²) >= 11 is 0. The van der Waals surface area contributed by atoms with Crippen molar-refractivity contribution in [2.24, 2.45) is 0 Å². The first kappa shape index (κ1) is 10.7. The Morgan fingerprint density at radius 2 is 2.25 bits per heavy atom. The van der Waals surface area contributed by atoms with E-state index in [-0.39, 0.29) is 0 Å². The molecular formula is C12H13NO3. The minimum absolute atomic E-state index is 0.344. The summed E-state index contributed by atoms with van der Waals surface area (Å²) in [4.78, 5) is 22.5. The number of amides is 1. The maximum absolute atomic E-state index is 11.7. The second kappa shape index (κ2) is 4.81. The maximum Gasteiger partial charge on any atom is 0.446 e. The van der Waals surface area contributed by atoms with Crippen molar-refractivity contribution in [1.29, 1.82) is 0 Å². The van der Waals surface area contributed by atoms with E-state index in [2.05, 4.69) is 9.78 Å². The lowest BCUT2D eigenvalue weighted by Crippen LogP contribution is -2.33. The molecule has 84 valence electrons. The number of carbonyl (C=O) groups is 1. The van der Waals surface area contributed by atoms with Crippen LogP contribution in [0.15, 0.2) is 30.3 Å². The van der Waals surface area contributed by atoms with E-state index in [0.717, 1.165) is 11.3 Å². The van der Waals surface area contributed by atoms with E-state index in [1.807, 2.05) is 36.4 Å². The Balaban J connectivity index is 2.18. The van der Waals surface area contributed by atoms with Crippen molar-refractivity contribution in [2.75, 3.05) is 18.1 Å². The smallest absolute Gasteiger partial charge is 0.275 e. The lowest BCUT2D eigenvalue weighted by Gasteiger charge is -2.24. The topological polar surface area (TPSA) is 38.8 Å². The summed E-state index contributed by atoms with van der Waals surface area (Å²) in [6.07, 6.45) is 3.41. The van der Waals surface area contributed by atoms with E-state index >= 15 is 0 Å². The van der Waals surface area contributed by atoms with Crippen molar-refractivity contribution < 1.29 is 14.6 Å². The predicted octanol–water partition coefficient (Wildman–Crippen LogP) is 2.61. The van der Waals surface area contributed by atoms with E-state index in [1.165, 1.54) is 4.90 Å². The third-order valence-electron chi connectivity index (χ3n) is 2.28. The number of carbonyl (C=O) groups excluding carboxylic acids is 1. The van der Waals surface area contributed by atoms with Gasteiger partial charge in [-0.25, -0.2) is 4.79 Å². The van der Waals surface area contributed by atoms with Gasteiger partial charge in [-0.3, -0.25) is 9.79 Å². The van der Waals surface area contributed by atoms with Crippen molar-refractivity contribution in [1.82, 2.24) is 0 Å². The molecule has 0 spiro atoms. The van der Waals surface area contributed by atoms with Crippen LogP contribution >= 0.6 is 0 Å². The van der Waals surface area contributed by atoms with Crippen LogP contribution < -0.4 is 4.90 Å². The number of nitrogens with zero attached hydrogens (tertiary/aromatic N) is 1. The van der Waals surface area contributed by atoms with Crippen LogP contribution in [0.4, 0.5) is 10.5 Å². The van der Waals surface area contributed by atoms with Crippen molar-refractivity contribution >= 4 is 17.9 Å². The van der Waals surface area contributed by atoms with E-state index in [1.54, 1.807) is 6.92 Å². The van der Waals surface area contributed by atoms with Crippen LogP contribution in [0.25, 0.3) is 6.08 Å². The Bertz CT molecular complexity index is 414. The van der Waals surface area contributed by atoms with Gasteiger partial charge in [-0.05, 0) is 18.6 Å². The van der Waals surface area contributed by atoms with Crippen LogP contribution in [0.1, 0.15) is 12.5 Å². The number of rotatable bonds is 2. The van der Waals surface area contributed by atoms with Crippen molar-refractivity contribution in [3.05, 3.63) is 35.9 Å². The minimum Gasteiger partial charge on any atom is -0.275 e. The number of fused-ring (bicyclic) bond motifs is 1. The van der Waals surface area contributed by atoms with Crippen LogP contribution in [-0.2, 0) is 9.78 Å². The molecule has 1 aromatic carbocycles. The average molecular weight is 219 g/mol. The summed E-state index contributed by atoms with van der Waals surface area (Å²) in [5, 5.41) is 0. The summed E-state index contributed by atoms with van der Waals surface area (Å²) in [6.45, 7) is 2.61. The second-order valence-corrected chi connectivity index (χ2v) is 3.33. The lowest BCUT2D eigenvalue weighted by molar-refractivity contribution is -0.232. The van der Waals surface area contributed by atoms with E-state index in [9.17, 15) is 4.79 Å². The highest BCUT2D eigenvalue weighted by molar-refractivity contribution is 5.92. The molecule has 0 saturated carbocycles. The summed E-state index contributed by atoms with van der Waals surface area (Å²) in [6, 6.07) is 7.65. The molecule has 0 aromatic heterocycles. The summed E-state index contributed by atoms with van der Waals surface area (Å²) in [5.74, 6) is 0. The van der Waals surface area contributed by atoms with Gasteiger partial charge in [0.15, 0.2) is 0 Å². The molecule has 1 aliphatic rings. The van der Waals surface area contributed by atoms with Gasteiger partial charge >= 0.3 is 6.09 Å². The molecule has 1 heterocycles. The highest BCUT2D eigenvalue weighted by Gasteiger charge is 2.21. The third kappa shape index (κ3) is 2.06. The molecule has 4 heteroatoms. The first-order valence-electron chi connectivity index (χ1n) is 5.19. The molecule has 0 unspecified atom stereocenters. The predicted molar refractivity (Wildman–Crippen MR) is 60.9 cm³/mol. The molecule has 1 amide bonds. The summed E-state index contributed by atoms with van der Waals surface area (Å²) < 4.78 is 0. The number of benzene rings is 1. The van der Waals surface area contributed by atoms with E-state index < -0.39 is 6.09 Å². The SMILES string of the molecule is CCOOC(=O)N1CC=Cc2ccccc21. The van der Waals surface area contributed by atoms with Gasteiger partial charge in [-0.2, -0.15) is 4.89 Å². The molecule has 16 heavy (non-hydrogen) atoms. The molecule has 0 atom stereocenters. The van der Waals surface area contributed by atoms with Gasteiger partial charge in [0, 0.05) is 6.54 Å². The zero-order valence-corrected chi connectivity index (χ0v) is 9.05. The Kier molecular flexibility index (Phi) is 3.22. The van der Waals surface area contributed by atoms with Crippen LogP contribution in [0.5, 0.6) is 0 Å². The zero-order valence-electron chi connectivity index (χ0n) is 9.05. The zero-order chi connectivity index (χ0) is 11.4. The molecule has 0 N–H and O–H groups in total. The fourth-order valence-corrected chi connectivity index (χ4v) is 1.58. The van der Waals surface area contributed by atoms with Gasteiger partial charge in [-0.15, -0.1) is 0 Å². The molecule has 2 rings (SSSR count). The number of hydrogen-bond acceptors (Lipinski definition) is 3. The molecule has 0 bridgehead atoms. The number of para-hydroxylation sites is 1. The fourth-order valence-electron chi connectivity index (χ4n) is 1.58. The van der Waals surface area contributed by atoms with E-state index in [0.29, 0.717) is 13.2 Å². The van der Waals surface area contributed by atoms with Crippen molar-refractivity contribution in [3.8, 4) is 0 Å². The average Bonchev–Trinajstić information content (AvgIpc) is 2.35. The van der Waals surface area contributed by atoms with Crippen molar-refractivity contribution in [3.63, 3.8) is 0 Å². The van der Waals surface area contributed by atoms with E-state index in [4.69, 9.17) is 0 Å². The van der Waals surface area contributed by atoms with Gasteiger partial charge in [0.1, 0.15) is 0 Å². The van der Waals surface area contributed by atoms with Gasteiger partial charge in [0.05, 0.1) is 12.3 Å². The summed E-state index contributed by atoms with van der Waals surface area (Å²) in [5.41, 5.74) is 1.84. The minimum atomic E-state index is -0.487. The van der Waals surface area contributed by atoms with Gasteiger partial charge < -0.3 is 0 Å². The van der Waals surface area contributed by atoms with Gasteiger partial charge in [-0.1, -0.05) is 30.4 Å². The molecule has 1 aliphatic heterocycles. The molecule has 0 saturated heterocycles. The lowest BCUT2D eigenvalue weighted by atomic mass is 10.1. The molecule has 0 radical (unpaired) electrons. The largest absolute Gasteiger partial charge is 0.446 e. The standard InChI is InChI=1S/C12H13NO3/c1-2-15-16-12(14)13-9-5-7-10-6-3-4-8-11(10)13/h3-8H,2,9H2,1H3. The molecule has 4 nitrogen and oxygen atoms in total. The summed E-state index contributed by atoms with van der Waals surface area (Å²) in [7, 11) is 0. The normalized spacial score (nSPS) is 13.4. The first-order chi connectivity index (χ1) is 7.83. The van der Waals surface area contributed by atoms with Crippen molar-refractivity contribution in [2.45, 2.75) is 6.92 Å².